The van der Waals surface area contributed by atoms with E-state index in [1.165, 1.54) is 19.7 Å². The first-order chi connectivity index (χ1) is 7.88. The van der Waals surface area contributed by atoms with Crippen LogP contribution in [0.5, 0.6) is 0 Å². The van der Waals surface area contributed by atoms with Crippen molar-refractivity contribution in [1.82, 2.24) is 10.3 Å². The molecule has 1 aliphatic heterocycles. The summed E-state index contributed by atoms with van der Waals surface area (Å²) in [5.74, 6) is 0. The van der Waals surface area contributed by atoms with Crippen LogP contribution in [0.15, 0.2) is 21.9 Å². The van der Waals surface area contributed by atoms with E-state index in [-0.39, 0.29) is 0 Å². The molecule has 0 aromatic carbocycles. The Bertz CT molecular complexity index is 489. The highest BCUT2D eigenvalue weighted by atomic mass is 32.2. The number of nitrogens with one attached hydrogen (secondary N) is 1. The standard InChI is InChI=1S/C11H12N2S3/c1-14-8-6-13-11(16-8)9-10-7(2-4-12-9)3-5-15-10/h3,5-6,9,12H,2,4H2,1H3. The fraction of sp³-hybridized carbons (Fsp3) is 0.364. The van der Waals surface area contributed by atoms with E-state index < -0.39 is 0 Å². The molecule has 0 radical (unpaired) electrons. The molecule has 16 heavy (non-hydrogen) atoms. The van der Waals surface area contributed by atoms with Crippen molar-refractivity contribution in [3.8, 4) is 0 Å². The predicted octanol–water partition coefficient (Wildman–Crippen LogP) is 3.16. The molecule has 5 heteroatoms. The van der Waals surface area contributed by atoms with Crippen molar-refractivity contribution in [2.75, 3.05) is 12.8 Å². The Morgan fingerprint density at radius 3 is 3.31 bits per heavy atom. The summed E-state index contributed by atoms with van der Waals surface area (Å²) in [5, 5.41) is 6.95. The lowest BCUT2D eigenvalue weighted by molar-refractivity contribution is 0.576. The number of nitrogens with zero attached hydrogens (tertiary/aromatic N) is 1. The molecule has 0 aliphatic carbocycles. The van der Waals surface area contributed by atoms with Crippen LogP contribution in [0.3, 0.4) is 0 Å². The second kappa shape index (κ2) is 4.49. The molecule has 2 nitrogen and oxygen atoms in total. The summed E-state index contributed by atoms with van der Waals surface area (Å²) in [6.45, 7) is 1.06. The molecule has 0 spiro atoms. The average Bonchev–Trinajstić information content (AvgIpc) is 2.97. The van der Waals surface area contributed by atoms with Crippen molar-refractivity contribution >= 4 is 34.4 Å². The van der Waals surface area contributed by atoms with Crippen molar-refractivity contribution in [1.29, 1.82) is 0 Å². The Balaban J connectivity index is 1.97. The van der Waals surface area contributed by atoms with Crippen LogP contribution in [0.2, 0.25) is 0 Å². The van der Waals surface area contributed by atoms with Crippen LogP contribution in [0, 0.1) is 0 Å². The Morgan fingerprint density at radius 2 is 2.50 bits per heavy atom. The van der Waals surface area contributed by atoms with E-state index in [1.807, 2.05) is 17.5 Å². The van der Waals surface area contributed by atoms with Crippen LogP contribution < -0.4 is 5.32 Å². The zero-order valence-corrected chi connectivity index (χ0v) is 11.3. The van der Waals surface area contributed by atoms with Crippen molar-refractivity contribution in [3.05, 3.63) is 33.1 Å². The quantitative estimate of drug-likeness (QED) is 0.847. The van der Waals surface area contributed by atoms with Gasteiger partial charge in [0.05, 0.1) is 16.4 Å². The number of rotatable bonds is 2. The Morgan fingerprint density at radius 1 is 1.56 bits per heavy atom. The van der Waals surface area contributed by atoms with Gasteiger partial charge in [0.2, 0.25) is 0 Å². The molecule has 1 unspecified atom stereocenters. The molecular formula is C11H12N2S3. The average molecular weight is 268 g/mol. The zero-order valence-electron chi connectivity index (χ0n) is 8.90. The van der Waals surface area contributed by atoms with Crippen molar-refractivity contribution in [2.45, 2.75) is 16.7 Å². The van der Waals surface area contributed by atoms with E-state index in [0.717, 1.165) is 13.0 Å². The van der Waals surface area contributed by atoms with Crippen LogP contribution in [-0.2, 0) is 6.42 Å². The summed E-state index contributed by atoms with van der Waals surface area (Å²) in [6, 6.07) is 2.58. The maximum Gasteiger partial charge on any atom is 0.116 e. The normalized spacial score (nSPS) is 19.7. The molecule has 0 bridgehead atoms. The van der Waals surface area contributed by atoms with Crippen LogP contribution in [-0.4, -0.2) is 17.8 Å². The van der Waals surface area contributed by atoms with E-state index in [4.69, 9.17) is 0 Å². The lowest BCUT2D eigenvalue weighted by atomic mass is 10.0. The number of thiazole rings is 1. The highest BCUT2D eigenvalue weighted by Crippen LogP contribution is 2.36. The summed E-state index contributed by atoms with van der Waals surface area (Å²) in [4.78, 5) is 5.98. The van der Waals surface area contributed by atoms with E-state index >= 15 is 0 Å². The third kappa shape index (κ3) is 1.82. The van der Waals surface area contributed by atoms with Crippen molar-refractivity contribution < 1.29 is 0 Å². The molecule has 3 rings (SSSR count). The van der Waals surface area contributed by atoms with Crippen LogP contribution in [0.4, 0.5) is 0 Å². The van der Waals surface area contributed by atoms with Gasteiger partial charge in [-0.1, -0.05) is 0 Å². The third-order valence-corrected chi connectivity index (χ3v) is 5.87. The molecule has 2 aromatic heterocycles. The summed E-state index contributed by atoms with van der Waals surface area (Å²) < 4.78 is 1.29. The van der Waals surface area contributed by atoms with Crippen LogP contribution in [0.1, 0.15) is 21.5 Å². The van der Waals surface area contributed by atoms with Gasteiger partial charge in [-0.3, -0.25) is 0 Å². The maximum atomic E-state index is 4.53. The number of hydrogen-bond acceptors (Lipinski definition) is 5. The summed E-state index contributed by atoms with van der Waals surface area (Å²) in [7, 11) is 0. The van der Waals surface area contributed by atoms with Gasteiger partial charge in [-0.25, -0.2) is 4.98 Å². The molecular weight excluding hydrogens is 256 g/mol. The van der Waals surface area contributed by atoms with E-state index in [1.54, 1.807) is 23.1 Å². The topological polar surface area (TPSA) is 24.9 Å². The van der Waals surface area contributed by atoms with Crippen LogP contribution >= 0.6 is 34.4 Å². The molecule has 0 saturated heterocycles. The summed E-state index contributed by atoms with van der Waals surface area (Å²) >= 11 is 5.41. The summed E-state index contributed by atoms with van der Waals surface area (Å²) in [6.07, 6.45) is 5.23. The zero-order chi connectivity index (χ0) is 11.0. The molecule has 0 fully saturated rings. The first-order valence-corrected chi connectivity index (χ1v) is 8.10. The number of aromatic nitrogens is 1. The van der Waals surface area contributed by atoms with Crippen molar-refractivity contribution in [3.63, 3.8) is 0 Å². The number of thioether (sulfide) groups is 1. The molecule has 0 saturated carbocycles. The highest BCUT2D eigenvalue weighted by molar-refractivity contribution is 8.00. The largest absolute Gasteiger partial charge is 0.303 e. The number of thiophene rings is 1. The minimum absolute atomic E-state index is 0.328. The van der Waals surface area contributed by atoms with Crippen molar-refractivity contribution in [2.24, 2.45) is 0 Å². The lowest BCUT2D eigenvalue weighted by Crippen LogP contribution is -2.29. The smallest absolute Gasteiger partial charge is 0.116 e. The lowest BCUT2D eigenvalue weighted by Gasteiger charge is -2.21. The molecule has 0 amide bonds. The van der Waals surface area contributed by atoms with E-state index in [9.17, 15) is 0 Å². The number of fused-ring (bicyclic) bond motifs is 1. The number of hydrogen-bond donors (Lipinski definition) is 1. The van der Waals surface area contributed by atoms with Gasteiger partial charge in [0.15, 0.2) is 0 Å². The molecule has 1 atom stereocenters. The second-order valence-corrected chi connectivity index (χ2v) is 6.79. The van der Waals surface area contributed by atoms with E-state index in [0.29, 0.717) is 6.04 Å². The monoisotopic (exact) mass is 268 g/mol. The van der Waals surface area contributed by atoms with Gasteiger partial charge in [0.1, 0.15) is 5.01 Å². The van der Waals surface area contributed by atoms with E-state index in [2.05, 4.69) is 28.0 Å². The second-order valence-electron chi connectivity index (χ2n) is 3.67. The fourth-order valence-electron chi connectivity index (χ4n) is 1.95. The maximum absolute atomic E-state index is 4.53. The Kier molecular flexibility index (Phi) is 3.02. The minimum Gasteiger partial charge on any atom is -0.303 e. The SMILES string of the molecule is CSc1cnc(C2NCCc3ccsc32)s1. The predicted molar refractivity (Wildman–Crippen MR) is 71.8 cm³/mol. The third-order valence-electron chi connectivity index (χ3n) is 2.74. The van der Waals surface area contributed by atoms with Crippen LogP contribution in [0.25, 0.3) is 0 Å². The highest BCUT2D eigenvalue weighted by Gasteiger charge is 2.24. The first kappa shape index (κ1) is 10.8. The van der Waals surface area contributed by atoms with Gasteiger partial charge in [0.25, 0.3) is 0 Å². The van der Waals surface area contributed by atoms with Gasteiger partial charge in [-0.05, 0) is 29.7 Å². The van der Waals surface area contributed by atoms with Gasteiger partial charge in [0, 0.05) is 11.4 Å². The fourth-order valence-corrected chi connectivity index (χ4v) is 4.54. The van der Waals surface area contributed by atoms with Gasteiger partial charge in [-0.15, -0.1) is 34.4 Å². The van der Waals surface area contributed by atoms with Gasteiger partial charge < -0.3 is 5.32 Å². The molecule has 1 aliphatic rings. The first-order valence-electron chi connectivity index (χ1n) is 5.18. The Hall–Kier alpha value is -0.360. The minimum atomic E-state index is 0.328. The molecule has 3 heterocycles. The van der Waals surface area contributed by atoms with Gasteiger partial charge >= 0.3 is 0 Å². The molecule has 1 N–H and O–H groups in total. The van der Waals surface area contributed by atoms with Gasteiger partial charge in [-0.2, -0.15) is 0 Å². The Labute approximate surface area is 107 Å². The summed E-state index contributed by atoms with van der Waals surface area (Å²) in [5.41, 5.74) is 1.50. The molecule has 84 valence electrons. The molecule has 2 aromatic rings.